The number of hydrogen-bond donors (Lipinski definition) is 1. The maximum Gasteiger partial charge on any atom is 0.110 e. The monoisotopic (exact) mass is 172 g/mol. The van der Waals surface area contributed by atoms with Crippen LogP contribution in [-0.2, 0) is 6.42 Å². The van der Waals surface area contributed by atoms with Crippen molar-refractivity contribution >= 4 is 0 Å². The van der Waals surface area contributed by atoms with Crippen molar-refractivity contribution in [2.45, 2.75) is 6.42 Å². The van der Waals surface area contributed by atoms with Gasteiger partial charge in [-0.2, -0.15) is 0 Å². The van der Waals surface area contributed by atoms with Gasteiger partial charge in [0.1, 0.15) is 5.82 Å². The summed E-state index contributed by atoms with van der Waals surface area (Å²) in [7, 11) is 0. The van der Waals surface area contributed by atoms with Crippen LogP contribution >= 0.6 is 0 Å². The summed E-state index contributed by atoms with van der Waals surface area (Å²) < 4.78 is 0. The normalized spacial score (nSPS) is 10.2. The van der Waals surface area contributed by atoms with Crippen LogP contribution in [0.2, 0.25) is 0 Å². The lowest BCUT2D eigenvalue weighted by Gasteiger charge is -1.96. The first-order valence-electron chi connectivity index (χ1n) is 4.17. The van der Waals surface area contributed by atoms with Crippen LogP contribution < -0.4 is 0 Å². The molecule has 1 N–H and O–H groups in total. The second kappa shape index (κ2) is 3.85. The Hall–Kier alpha value is -1.64. The summed E-state index contributed by atoms with van der Waals surface area (Å²) in [5, 5.41) is 0. The fourth-order valence-electron chi connectivity index (χ4n) is 1.11. The first-order valence-corrected chi connectivity index (χ1v) is 4.17. The summed E-state index contributed by atoms with van der Waals surface area (Å²) in [4.78, 5) is 11.3. The summed E-state index contributed by atoms with van der Waals surface area (Å²) >= 11 is 0. The van der Waals surface area contributed by atoms with Gasteiger partial charge in [0.15, 0.2) is 0 Å². The molecular formula is C10H10N3. The van der Waals surface area contributed by atoms with Gasteiger partial charge < -0.3 is 4.98 Å². The van der Waals surface area contributed by atoms with E-state index in [9.17, 15) is 0 Å². The Morgan fingerprint density at radius 1 is 1.23 bits per heavy atom. The predicted molar refractivity (Wildman–Crippen MR) is 49.9 cm³/mol. The maximum atomic E-state index is 4.21. The Morgan fingerprint density at radius 3 is 2.92 bits per heavy atom. The van der Waals surface area contributed by atoms with Crippen molar-refractivity contribution in [2.24, 2.45) is 0 Å². The summed E-state index contributed by atoms with van der Waals surface area (Å²) in [6, 6.07) is 5.90. The minimum Gasteiger partial charge on any atom is -0.348 e. The molecule has 0 aromatic carbocycles. The van der Waals surface area contributed by atoms with Crippen LogP contribution in [0.15, 0.2) is 36.8 Å². The van der Waals surface area contributed by atoms with Crippen molar-refractivity contribution in [3.05, 3.63) is 54.7 Å². The lowest BCUT2D eigenvalue weighted by Crippen LogP contribution is -1.92. The van der Waals surface area contributed by atoms with Gasteiger partial charge in [0.2, 0.25) is 0 Å². The number of nitrogens with one attached hydrogen (secondary N) is 1. The molecule has 2 aromatic heterocycles. The zero-order chi connectivity index (χ0) is 8.93. The quantitative estimate of drug-likeness (QED) is 0.764. The summed E-state index contributed by atoms with van der Waals surface area (Å²) in [5.41, 5.74) is 1.05. The van der Waals surface area contributed by atoms with Gasteiger partial charge in [0.25, 0.3) is 0 Å². The van der Waals surface area contributed by atoms with Crippen LogP contribution in [-0.4, -0.2) is 15.0 Å². The average molecular weight is 172 g/mol. The molecule has 0 aliphatic carbocycles. The number of rotatable bonds is 3. The van der Waals surface area contributed by atoms with Crippen molar-refractivity contribution in [3.8, 4) is 0 Å². The molecule has 0 aliphatic heterocycles. The molecule has 0 saturated carbocycles. The molecule has 2 heterocycles. The number of H-pyrrole nitrogens is 1. The van der Waals surface area contributed by atoms with E-state index in [4.69, 9.17) is 0 Å². The molecule has 0 spiro atoms. The number of aromatic nitrogens is 3. The van der Waals surface area contributed by atoms with Crippen LogP contribution in [0.4, 0.5) is 0 Å². The van der Waals surface area contributed by atoms with Gasteiger partial charge in [-0.05, 0) is 12.1 Å². The molecular weight excluding hydrogens is 162 g/mol. The van der Waals surface area contributed by atoms with Crippen molar-refractivity contribution in [3.63, 3.8) is 0 Å². The van der Waals surface area contributed by atoms with E-state index in [0.717, 1.165) is 17.9 Å². The van der Waals surface area contributed by atoms with Gasteiger partial charge in [-0.3, -0.25) is 4.98 Å². The van der Waals surface area contributed by atoms with E-state index in [-0.39, 0.29) is 0 Å². The topological polar surface area (TPSA) is 41.6 Å². The average Bonchev–Trinajstić information content (AvgIpc) is 2.69. The number of aromatic amines is 1. The molecule has 0 aliphatic rings. The van der Waals surface area contributed by atoms with E-state index < -0.39 is 0 Å². The molecule has 13 heavy (non-hydrogen) atoms. The van der Waals surface area contributed by atoms with Crippen molar-refractivity contribution in [2.75, 3.05) is 0 Å². The highest BCUT2D eigenvalue weighted by Gasteiger charge is 1.97. The lowest BCUT2D eigenvalue weighted by molar-refractivity contribution is 1.01. The lowest BCUT2D eigenvalue weighted by atomic mass is 10.2. The molecule has 65 valence electrons. The third-order valence-corrected chi connectivity index (χ3v) is 1.75. The molecule has 2 aromatic rings. The minimum absolute atomic E-state index is 0.814. The highest BCUT2D eigenvalue weighted by Crippen LogP contribution is 2.01. The van der Waals surface area contributed by atoms with Crippen LogP contribution in [0.25, 0.3) is 0 Å². The molecule has 2 rings (SSSR count). The molecule has 0 fully saturated rings. The van der Waals surface area contributed by atoms with Crippen molar-refractivity contribution in [1.29, 1.82) is 0 Å². The largest absolute Gasteiger partial charge is 0.348 e. The van der Waals surface area contributed by atoms with Gasteiger partial charge >= 0.3 is 0 Å². The Balaban J connectivity index is 1.94. The Kier molecular flexibility index (Phi) is 2.36. The highest BCUT2D eigenvalue weighted by atomic mass is 14.9. The fraction of sp³-hybridized carbons (Fsp3) is 0.100. The molecule has 0 amide bonds. The Bertz CT molecular complexity index is 340. The van der Waals surface area contributed by atoms with Gasteiger partial charge in [-0.25, -0.2) is 4.98 Å². The standard InChI is InChI=1S/C10H10N3/c1-2-6-11-9(3-1)4-5-10-12-7-8-13-10/h1-3,5-8H,4H2,(H,12,13). The second-order valence-electron chi connectivity index (χ2n) is 2.70. The van der Waals surface area contributed by atoms with E-state index >= 15 is 0 Å². The SMILES string of the molecule is [CH](Cc1ccccn1)c1ncc[nH]1. The molecule has 0 unspecified atom stereocenters. The molecule has 1 radical (unpaired) electrons. The van der Waals surface area contributed by atoms with Crippen LogP contribution in [0.5, 0.6) is 0 Å². The molecule has 3 nitrogen and oxygen atoms in total. The van der Waals surface area contributed by atoms with Crippen molar-refractivity contribution < 1.29 is 0 Å². The number of nitrogens with zero attached hydrogens (tertiary/aromatic N) is 2. The third-order valence-electron chi connectivity index (χ3n) is 1.75. The first-order chi connectivity index (χ1) is 6.45. The van der Waals surface area contributed by atoms with Crippen LogP contribution in [0.3, 0.4) is 0 Å². The second-order valence-corrected chi connectivity index (χ2v) is 2.70. The highest BCUT2D eigenvalue weighted by molar-refractivity contribution is 5.11. The third kappa shape index (κ3) is 2.15. The first kappa shape index (κ1) is 7.98. The summed E-state index contributed by atoms with van der Waals surface area (Å²) in [5.74, 6) is 0.894. The van der Waals surface area contributed by atoms with Gasteiger partial charge in [-0.1, -0.05) is 6.07 Å². The van der Waals surface area contributed by atoms with Gasteiger partial charge in [-0.15, -0.1) is 0 Å². The zero-order valence-corrected chi connectivity index (χ0v) is 7.14. The van der Waals surface area contributed by atoms with E-state index in [1.165, 1.54) is 0 Å². The molecule has 3 heteroatoms. The minimum atomic E-state index is 0.814. The number of hydrogen-bond acceptors (Lipinski definition) is 2. The Morgan fingerprint density at radius 2 is 2.23 bits per heavy atom. The smallest absolute Gasteiger partial charge is 0.110 e. The van der Waals surface area contributed by atoms with Crippen molar-refractivity contribution in [1.82, 2.24) is 15.0 Å². The predicted octanol–water partition coefficient (Wildman–Crippen LogP) is 1.60. The molecule has 0 bridgehead atoms. The maximum absolute atomic E-state index is 4.21. The van der Waals surface area contributed by atoms with E-state index in [2.05, 4.69) is 15.0 Å². The fourth-order valence-corrected chi connectivity index (χ4v) is 1.11. The van der Waals surface area contributed by atoms with Crippen LogP contribution in [0, 0.1) is 6.42 Å². The molecule has 0 atom stereocenters. The number of imidazole rings is 1. The van der Waals surface area contributed by atoms with E-state index in [0.29, 0.717) is 0 Å². The Labute approximate surface area is 76.9 Å². The van der Waals surface area contributed by atoms with E-state index in [1.54, 1.807) is 12.4 Å². The zero-order valence-electron chi connectivity index (χ0n) is 7.14. The van der Waals surface area contributed by atoms with E-state index in [1.807, 2.05) is 30.8 Å². The van der Waals surface area contributed by atoms with Crippen LogP contribution in [0.1, 0.15) is 11.5 Å². The molecule has 0 saturated heterocycles. The van der Waals surface area contributed by atoms with Gasteiger partial charge in [0, 0.05) is 37.1 Å². The summed E-state index contributed by atoms with van der Waals surface area (Å²) in [6.07, 6.45) is 8.18. The number of pyridine rings is 1. The summed E-state index contributed by atoms with van der Waals surface area (Å²) in [6.45, 7) is 0. The van der Waals surface area contributed by atoms with Gasteiger partial charge in [0.05, 0.1) is 0 Å².